The summed E-state index contributed by atoms with van der Waals surface area (Å²) >= 11 is 1.74. The Labute approximate surface area is 414 Å². The van der Waals surface area contributed by atoms with Crippen LogP contribution in [0.1, 0.15) is 108 Å². The van der Waals surface area contributed by atoms with Gasteiger partial charge in [-0.1, -0.05) is 149 Å². The van der Waals surface area contributed by atoms with E-state index in [9.17, 15) is 0 Å². The molecule has 0 saturated carbocycles. The van der Waals surface area contributed by atoms with Crippen LogP contribution in [0.3, 0.4) is 0 Å². The van der Waals surface area contributed by atoms with Crippen LogP contribution < -0.4 is 24.8 Å². The molecule has 0 fully saturated rings. The zero-order valence-corrected chi connectivity index (χ0v) is 45.8. The summed E-state index contributed by atoms with van der Waals surface area (Å²) < 4.78 is 0. The largest absolute Gasteiger partial charge is 1.00 e. The molecule has 64 heavy (non-hydrogen) atoms. The van der Waals surface area contributed by atoms with Crippen molar-refractivity contribution >= 4 is 27.0 Å². The van der Waals surface area contributed by atoms with E-state index in [4.69, 9.17) is 0 Å². The summed E-state index contributed by atoms with van der Waals surface area (Å²) in [5.41, 5.74) is 22.6. The number of rotatable bonds is 6. The van der Waals surface area contributed by atoms with E-state index in [1.807, 2.05) is 0 Å². The molecule has 0 amide bonds. The van der Waals surface area contributed by atoms with Gasteiger partial charge in [0.2, 0.25) is 0 Å². The Hall–Kier alpha value is -3.78. The van der Waals surface area contributed by atoms with E-state index in [2.05, 4.69) is 230 Å². The number of halogens is 2. The van der Waals surface area contributed by atoms with Crippen LogP contribution in [0.5, 0.6) is 0 Å². The predicted octanol–water partition coefficient (Wildman–Crippen LogP) is 10.9. The molecule has 0 saturated heterocycles. The van der Waals surface area contributed by atoms with Crippen molar-refractivity contribution in [1.82, 2.24) is 0 Å². The second-order valence-corrected chi connectivity index (χ2v) is 29.5. The zero-order chi connectivity index (χ0) is 45.1. The van der Waals surface area contributed by atoms with Gasteiger partial charge in [0.15, 0.2) is 0 Å². The van der Waals surface area contributed by atoms with Crippen molar-refractivity contribution in [2.24, 2.45) is 0 Å². The van der Waals surface area contributed by atoms with E-state index in [1.54, 1.807) is 23.3 Å². The van der Waals surface area contributed by atoms with Crippen LogP contribution in [0.2, 0.25) is 13.1 Å². The normalized spacial score (nSPS) is 11.2. The summed E-state index contributed by atoms with van der Waals surface area (Å²) in [6.07, 6.45) is 1.99. The molecule has 8 aromatic rings. The third kappa shape index (κ3) is 13.2. The molecule has 8 rings (SSSR count). The Kier molecular flexibility index (Phi) is 18.3. The van der Waals surface area contributed by atoms with E-state index >= 15 is 0 Å². The Bertz CT molecular complexity index is 2600. The molecule has 4 heteroatoms. The van der Waals surface area contributed by atoms with E-state index < -0.39 is 0 Å². The molecule has 0 bridgehead atoms. The van der Waals surface area contributed by atoms with Crippen molar-refractivity contribution in [3.8, 4) is 22.3 Å². The van der Waals surface area contributed by atoms with Crippen LogP contribution in [0, 0.1) is 41.5 Å². The Morgan fingerprint density at radius 1 is 0.453 bits per heavy atom. The topological polar surface area (TPSA) is 0 Å². The van der Waals surface area contributed by atoms with Crippen molar-refractivity contribution in [2.45, 2.75) is 120 Å². The van der Waals surface area contributed by atoms with E-state index in [0.717, 1.165) is 12.8 Å². The summed E-state index contributed by atoms with van der Waals surface area (Å²) in [6.45, 7) is 31.5. The zero-order valence-electron chi connectivity index (χ0n) is 40.9. The molecular formula is C60H68Cl2SiZr-2. The summed E-state index contributed by atoms with van der Waals surface area (Å²) in [5.74, 6) is 0. The van der Waals surface area contributed by atoms with Gasteiger partial charge in [-0.2, -0.15) is 12.1 Å². The van der Waals surface area contributed by atoms with Gasteiger partial charge in [0, 0.05) is 0 Å². The summed E-state index contributed by atoms with van der Waals surface area (Å²) in [4.78, 5) is 0. The van der Waals surface area contributed by atoms with Gasteiger partial charge in [0.05, 0.1) is 0 Å². The second-order valence-electron chi connectivity index (χ2n) is 20.1. The molecule has 0 nitrogen and oxygen atoms in total. The maximum absolute atomic E-state index is 2.39. The van der Waals surface area contributed by atoms with Crippen LogP contribution in [-0.2, 0) is 47.0 Å². The molecule has 0 radical (unpaired) electrons. The van der Waals surface area contributed by atoms with E-state index in [0.29, 0.717) is 0 Å². The molecule has 0 aliphatic rings. The Morgan fingerprint density at radius 2 is 0.750 bits per heavy atom. The molecule has 0 spiro atoms. The molecule has 8 aromatic carbocycles. The Morgan fingerprint density at radius 3 is 1.03 bits per heavy atom. The third-order valence-corrected chi connectivity index (χ3v) is 12.2. The van der Waals surface area contributed by atoms with Gasteiger partial charge >= 0.3 is 41.9 Å². The van der Waals surface area contributed by atoms with E-state index in [-0.39, 0.29) is 41.1 Å². The van der Waals surface area contributed by atoms with Crippen molar-refractivity contribution < 1.29 is 48.1 Å². The van der Waals surface area contributed by atoms with E-state index in [1.165, 1.54) is 111 Å². The smallest absolute Gasteiger partial charge is 0.0132 e. The number of hydrogen-bond donors (Lipinski definition) is 0. The average Bonchev–Trinajstić information content (AvgIpc) is 3.81. The molecule has 0 aliphatic carbocycles. The number of hydrogen-bond acceptors (Lipinski definition) is 0. The van der Waals surface area contributed by atoms with Gasteiger partial charge < -0.3 is 24.8 Å². The maximum atomic E-state index is 2.39. The first kappa shape index (κ1) is 52.8. The first-order chi connectivity index (χ1) is 29.2. The van der Waals surface area contributed by atoms with Crippen LogP contribution in [0.15, 0.2) is 133 Å². The van der Waals surface area contributed by atoms with Crippen molar-refractivity contribution in [3.05, 3.63) is 200 Å². The average molecular weight is 979 g/mol. The molecule has 0 unspecified atom stereocenters. The van der Waals surface area contributed by atoms with Crippen molar-refractivity contribution in [3.63, 3.8) is 0 Å². The quantitative estimate of drug-likeness (QED) is 0.115. The molecule has 0 aliphatic heterocycles. The van der Waals surface area contributed by atoms with Gasteiger partial charge in [0.25, 0.3) is 0 Å². The number of fused-ring (bicyclic) bond motifs is 2. The molecule has 0 atom stereocenters. The van der Waals surface area contributed by atoms with Gasteiger partial charge in [-0.15, -0.1) is 69.1 Å². The minimum absolute atomic E-state index is 0. The first-order valence-electron chi connectivity index (χ1n) is 22.4. The molecular weight excluding hydrogens is 911 g/mol. The van der Waals surface area contributed by atoms with Crippen LogP contribution in [-0.4, -0.2) is 5.43 Å². The molecule has 0 aromatic heterocycles. The van der Waals surface area contributed by atoms with Gasteiger partial charge in [-0.25, -0.2) is 0 Å². The van der Waals surface area contributed by atoms with Crippen LogP contribution in [0.25, 0.3) is 43.8 Å². The predicted molar refractivity (Wildman–Crippen MR) is 272 cm³/mol. The molecule has 0 N–H and O–H groups in total. The summed E-state index contributed by atoms with van der Waals surface area (Å²) in [7, 11) is 0. The minimum atomic E-state index is 0. The molecule has 332 valence electrons. The molecule has 0 heterocycles. The van der Waals surface area contributed by atoms with Gasteiger partial charge in [-0.3, -0.25) is 0 Å². The van der Waals surface area contributed by atoms with Crippen LogP contribution >= 0.6 is 0 Å². The van der Waals surface area contributed by atoms with Crippen molar-refractivity contribution in [1.29, 1.82) is 0 Å². The van der Waals surface area contributed by atoms with Gasteiger partial charge in [0.1, 0.15) is 0 Å². The maximum Gasteiger partial charge on any atom is -0.0132 e. The van der Waals surface area contributed by atoms with Crippen molar-refractivity contribution in [2.75, 3.05) is 0 Å². The standard InChI is InChI=1S/2C29H31.C2H6Si.2ClH.Zr/c2*1-19-14-20(2)27(21(3)15-19)17-22-16-24-8-7-9-26(28(24)18-22)23-10-12-25(13-11-23)29(4,5)6;1-3-2;;;/h2*7-16,18H,17H2,1-6H3;1-2H3;2*1H;/q2*-1;;;;+2/p-2. The minimum Gasteiger partial charge on any atom is -1.00 e. The summed E-state index contributed by atoms with van der Waals surface area (Å²) in [6, 6.07) is 50.2. The first-order valence-corrected chi connectivity index (χ1v) is 28.6. The third-order valence-electron chi connectivity index (χ3n) is 12.2. The Balaban J connectivity index is 0.000000252. The number of benzene rings is 6. The summed E-state index contributed by atoms with van der Waals surface area (Å²) in [5, 5.41) is 5.38. The second kappa shape index (κ2) is 22.1. The fraction of sp³-hybridized carbons (Fsp3) is 0.300. The van der Waals surface area contributed by atoms with Crippen LogP contribution in [0.4, 0.5) is 0 Å². The fourth-order valence-corrected chi connectivity index (χ4v) is 8.99. The monoisotopic (exact) mass is 976 g/mol. The SMILES string of the molecule is C[Si](C)=[Zr+2].Cc1cc(C)c(Cc2cc3c(-c4ccc(C(C)(C)C)cc4)cccc3[cH-]2)c(C)c1.Cc1cc(C)c(Cc2cc3c(-c4ccc(C(C)(C)C)cc4)cccc3[cH-]2)c(C)c1.[Cl-].[Cl-]. The number of aryl methyl sites for hydroxylation is 6. The van der Waals surface area contributed by atoms with Gasteiger partial charge in [-0.05, 0) is 121 Å². The fourth-order valence-electron chi connectivity index (χ4n) is 8.99.